The third kappa shape index (κ3) is 3.30. The summed E-state index contributed by atoms with van der Waals surface area (Å²) in [5.41, 5.74) is 1.98. The molecule has 0 atom stereocenters. The van der Waals surface area contributed by atoms with Crippen molar-refractivity contribution in [2.45, 2.75) is 6.42 Å². The van der Waals surface area contributed by atoms with Crippen LogP contribution in [0.3, 0.4) is 0 Å². The van der Waals surface area contributed by atoms with Gasteiger partial charge in [-0.05, 0) is 40.9 Å². The summed E-state index contributed by atoms with van der Waals surface area (Å²) >= 11 is 1.62. The van der Waals surface area contributed by atoms with Crippen LogP contribution in [0.5, 0.6) is 0 Å². The molecule has 1 heterocycles. The number of thiophene rings is 1. The highest BCUT2D eigenvalue weighted by Crippen LogP contribution is 2.25. The fourth-order valence-electron chi connectivity index (χ4n) is 1.68. The topological polar surface area (TPSA) is 79.0 Å². The van der Waals surface area contributed by atoms with Crippen molar-refractivity contribution in [1.82, 2.24) is 0 Å². The van der Waals surface area contributed by atoms with Crippen LogP contribution >= 0.6 is 11.3 Å². The number of benzene rings is 1. The summed E-state index contributed by atoms with van der Waals surface area (Å²) in [6, 6.07) is 8.30. The zero-order valence-electron chi connectivity index (χ0n) is 10.00. The van der Waals surface area contributed by atoms with Gasteiger partial charge in [0.05, 0.1) is 16.6 Å². The van der Waals surface area contributed by atoms with Gasteiger partial charge in [-0.15, -0.1) is 0 Å². The first-order chi connectivity index (χ1) is 9.20. The average Bonchev–Trinajstić information content (AvgIpc) is 2.91. The van der Waals surface area contributed by atoms with Crippen LogP contribution < -0.4 is 5.32 Å². The van der Waals surface area contributed by atoms with Crippen molar-refractivity contribution >= 4 is 22.7 Å². The summed E-state index contributed by atoms with van der Waals surface area (Å²) in [5.74, 6) is 0. The summed E-state index contributed by atoms with van der Waals surface area (Å²) < 4.78 is 0. The molecule has 5 nitrogen and oxygen atoms in total. The van der Waals surface area contributed by atoms with Gasteiger partial charge in [0.15, 0.2) is 0 Å². The number of nitriles is 1. The first kappa shape index (κ1) is 13.1. The minimum Gasteiger partial charge on any atom is -0.379 e. The number of nitrogens with zero attached hydrogens (tertiary/aromatic N) is 2. The maximum Gasteiger partial charge on any atom is 0.292 e. The Morgan fingerprint density at radius 3 is 2.89 bits per heavy atom. The van der Waals surface area contributed by atoms with Crippen molar-refractivity contribution in [1.29, 1.82) is 5.26 Å². The van der Waals surface area contributed by atoms with Crippen molar-refractivity contribution in [2.24, 2.45) is 0 Å². The zero-order valence-corrected chi connectivity index (χ0v) is 10.8. The second-order valence-electron chi connectivity index (χ2n) is 3.91. The molecule has 19 heavy (non-hydrogen) atoms. The van der Waals surface area contributed by atoms with Crippen molar-refractivity contribution in [3.8, 4) is 6.07 Å². The molecule has 1 aromatic heterocycles. The van der Waals surface area contributed by atoms with Crippen LogP contribution in [0.25, 0.3) is 0 Å². The van der Waals surface area contributed by atoms with E-state index in [9.17, 15) is 10.1 Å². The Morgan fingerprint density at radius 1 is 1.42 bits per heavy atom. The van der Waals surface area contributed by atoms with Gasteiger partial charge in [-0.25, -0.2) is 0 Å². The number of nitro groups is 1. The van der Waals surface area contributed by atoms with Crippen LogP contribution in [0.1, 0.15) is 11.1 Å². The minimum atomic E-state index is -0.450. The van der Waals surface area contributed by atoms with Gasteiger partial charge in [-0.1, -0.05) is 0 Å². The predicted octanol–water partition coefficient (Wildman–Crippen LogP) is 3.18. The Bertz CT molecular complexity index is 617. The molecule has 0 aliphatic heterocycles. The maximum absolute atomic E-state index is 10.9. The summed E-state index contributed by atoms with van der Waals surface area (Å²) in [4.78, 5) is 10.4. The molecule has 0 amide bonds. The van der Waals surface area contributed by atoms with Gasteiger partial charge in [-0.2, -0.15) is 16.6 Å². The maximum atomic E-state index is 10.9. The van der Waals surface area contributed by atoms with Gasteiger partial charge in [0.2, 0.25) is 0 Å². The van der Waals surface area contributed by atoms with Crippen LogP contribution in [0, 0.1) is 21.4 Å². The van der Waals surface area contributed by atoms with Gasteiger partial charge in [0, 0.05) is 12.6 Å². The van der Waals surface area contributed by atoms with Crippen LogP contribution in [-0.2, 0) is 6.42 Å². The van der Waals surface area contributed by atoms with E-state index in [0.29, 0.717) is 17.8 Å². The molecule has 0 saturated carbocycles. The fourth-order valence-corrected chi connectivity index (χ4v) is 2.39. The van der Waals surface area contributed by atoms with Gasteiger partial charge in [0.1, 0.15) is 5.69 Å². The Labute approximate surface area is 114 Å². The molecule has 0 aliphatic carbocycles. The van der Waals surface area contributed by atoms with Gasteiger partial charge < -0.3 is 5.32 Å². The lowest BCUT2D eigenvalue weighted by Crippen LogP contribution is -2.06. The molecular formula is C13H11N3O2S. The van der Waals surface area contributed by atoms with Gasteiger partial charge in [-0.3, -0.25) is 10.1 Å². The quantitative estimate of drug-likeness (QED) is 0.670. The smallest absolute Gasteiger partial charge is 0.292 e. The van der Waals surface area contributed by atoms with Crippen molar-refractivity contribution in [3.63, 3.8) is 0 Å². The van der Waals surface area contributed by atoms with E-state index in [0.717, 1.165) is 6.42 Å². The van der Waals surface area contributed by atoms with Crippen molar-refractivity contribution in [2.75, 3.05) is 11.9 Å². The molecule has 0 unspecified atom stereocenters. The highest BCUT2D eigenvalue weighted by molar-refractivity contribution is 7.07. The molecule has 96 valence electrons. The van der Waals surface area contributed by atoms with E-state index in [1.807, 2.05) is 22.9 Å². The lowest BCUT2D eigenvalue weighted by atomic mass is 10.1. The van der Waals surface area contributed by atoms with Crippen molar-refractivity contribution < 1.29 is 4.92 Å². The molecule has 1 aromatic carbocycles. The summed E-state index contributed by atoms with van der Waals surface area (Å²) in [5, 5.41) is 26.8. The molecule has 1 N–H and O–H groups in total. The fraction of sp³-hybridized carbons (Fsp3) is 0.154. The molecule has 0 spiro atoms. The standard InChI is InChI=1S/C13H11N3O2S/c14-8-11-1-2-13(16(17)18)12(7-11)15-5-3-10-4-6-19-9-10/h1-2,4,6-7,9,15H,3,5H2. The SMILES string of the molecule is N#Cc1ccc([N+](=O)[O-])c(NCCc2ccsc2)c1. The first-order valence-corrected chi connectivity index (χ1v) is 6.58. The number of rotatable bonds is 5. The van der Waals surface area contributed by atoms with Crippen LogP contribution in [0.2, 0.25) is 0 Å². The Morgan fingerprint density at radius 2 is 2.26 bits per heavy atom. The molecule has 2 rings (SSSR count). The monoisotopic (exact) mass is 273 g/mol. The Hall–Kier alpha value is -2.39. The summed E-state index contributed by atoms with van der Waals surface area (Å²) in [6.07, 6.45) is 0.789. The number of hydrogen-bond acceptors (Lipinski definition) is 5. The Kier molecular flexibility index (Phi) is 4.11. The number of nitrogens with one attached hydrogen (secondary N) is 1. The van der Waals surface area contributed by atoms with Crippen LogP contribution in [0.15, 0.2) is 35.0 Å². The van der Waals surface area contributed by atoms with E-state index < -0.39 is 4.92 Å². The second kappa shape index (κ2) is 5.98. The van der Waals surface area contributed by atoms with E-state index in [2.05, 4.69) is 5.32 Å². The zero-order chi connectivity index (χ0) is 13.7. The third-order valence-electron chi connectivity index (χ3n) is 2.63. The summed E-state index contributed by atoms with van der Waals surface area (Å²) in [7, 11) is 0. The largest absolute Gasteiger partial charge is 0.379 e. The lowest BCUT2D eigenvalue weighted by molar-refractivity contribution is -0.384. The predicted molar refractivity (Wildman–Crippen MR) is 74.3 cm³/mol. The van der Waals surface area contributed by atoms with E-state index >= 15 is 0 Å². The molecule has 0 aliphatic rings. The van der Waals surface area contributed by atoms with E-state index in [4.69, 9.17) is 5.26 Å². The minimum absolute atomic E-state index is 0.00989. The summed E-state index contributed by atoms with van der Waals surface area (Å²) in [6.45, 7) is 0.590. The lowest BCUT2D eigenvalue weighted by Gasteiger charge is -2.06. The average molecular weight is 273 g/mol. The normalized spacial score (nSPS) is 9.84. The molecule has 0 radical (unpaired) electrons. The molecular weight excluding hydrogens is 262 g/mol. The third-order valence-corrected chi connectivity index (χ3v) is 3.36. The van der Waals surface area contributed by atoms with Crippen molar-refractivity contribution in [3.05, 3.63) is 56.3 Å². The highest BCUT2D eigenvalue weighted by atomic mass is 32.1. The van der Waals surface area contributed by atoms with Gasteiger partial charge in [0.25, 0.3) is 5.69 Å². The van der Waals surface area contributed by atoms with E-state index in [-0.39, 0.29) is 5.69 Å². The van der Waals surface area contributed by atoms with Crippen LogP contribution in [-0.4, -0.2) is 11.5 Å². The molecule has 6 heteroatoms. The number of anilines is 1. The molecule has 2 aromatic rings. The van der Waals surface area contributed by atoms with E-state index in [1.54, 1.807) is 11.3 Å². The number of nitro benzene ring substituents is 1. The van der Waals surface area contributed by atoms with Gasteiger partial charge >= 0.3 is 0 Å². The van der Waals surface area contributed by atoms with E-state index in [1.165, 1.54) is 23.8 Å². The first-order valence-electron chi connectivity index (χ1n) is 5.64. The Balaban J connectivity index is 2.09. The second-order valence-corrected chi connectivity index (χ2v) is 4.69. The number of hydrogen-bond donors (Lipinski definition) is 1. The molecule has 0 fully saturated rings. The molecule has 0 saturated heterocycles. The highest BCUT2D eigenvalue weighted by Gasteiger charge is 2.13. The molecule has 0 bridgehead atoms. The van der Waals surface area contributed by atoms with Crippen LogP contribution in [0.4, 0.5) is 11.4 Å².